The zero-order valence-electron chi connectivity index (χ0n) is 21.3. The summed E-state index contributed by atoms with van der Waals surface area (Å²) in [5, 5.41) is 11.0. The van der Waals surface area contributed by atoms with E-state index in [1.807, 2.05) is 6.08 Å². The molecule has 6 unspecified atom stereocenters. The third kappa shape index (κ3) is 3.10. The molecular weight excluding hydrogens is 531 g/mol. The summed E-state index contributed by atoms with van der Waals surface area (Å²) < 4.78 is 5.57. The molecule has 2 saturated heterocycles. The smallest absolute Gasteiger partial charge is 0.253 e. The van der Waals surface area contributed by atoms with E-state index < -0.39 is 45.2 Å². The predicted molar refractivity (Wildman–Crippen MR) is 139 cm³/mol. The average molecular weight is 561 g/mol. The molecule has 4 amide bonds. The van der Waals surface area contributed by atoms with Crippen LogP contribution in [-0.2, 0) is 19.2 Å². The van der Waals surface area contributed by atoms with E-state index in [1.165, 1.54) is 25.1 Å². The predicted octanol–water partition coefficient (Wildman–Crippen LogP) is 3.72. The number of methoxy groups -OCH3 is 1. The van der Waals surface area contributed by atoms with Gasteiger partial charge in [0, 0.05) is 24.6 Å². The Morgan fingerprint density at radius 2 is 1.71 bits per heavy atom. The van der Waals surface area contributed by atoms with Gasteiger partial charge in [-0.05, 0) is 43.7 Å². The number of rotatable bonds is 3. The molecule has 0 bridgehead atoms. The molecule has 0 spiro atoms. The number of carbonyl (C=O) groups is 4. The third-order valence-electron chi connectivity index (χ3n) is 9.54. The van der Waals surface area contributed by atoms with Crippen LogP contribution < -0.4 is 4.74 Å². The molecule has 5 aliphatic rings. The highest BCUT2D eigenvalue weighted by Crippen LogP contribution is 2.66. The molecule has 1 aromatic carbocycles. The number of halogens is 2. The number of likely N-dealkylation sites (tertiary alicyclic amines) is 2. The maximum absolute atomic E-state index is 14.0. The number of phenols is 1. The van der Waals surface area contributed by atoms with Gasteiger partial charge in [0.1, 0.15) is 11.5 Å². The molecule has 0 radical (unpaired) electrons. The molecule has 6 atom stereocenters. The maximum atomic E-state index is 14.0. The minimum absolute atomic E-state index is 0.0656. The van der Waals surface area contributed by atoms with Crippen molar-refractivity contribution >= 4 is 46.8 Å². The SMILES string of the molecule is COc1cccc(O)c1C1C2=CCC3C(=O)N(C4CCCCC4)C(=O)C3C2CC2(Cl)C(=O)N(C)C(=O)C12Cl. The first kappa shape index (κ1) is 25.7. The molecule has 3 aliphatic carbocycles. The third-order valence-corrected chi connectivity index (χ3v) is 11.0. The first-order valence-corrected chi connectivity index (χ1v) is 14.0. The van der Waals surface area contributed by atoms with Crippen LogP contribution in [0.2, 0.25) is 0 Å². The zero-order chi connectivity index (χ0) is 27.1. The largest absolute Gasteiger partial charge is 0.508 e. The molecule has 8 nitrogen and oxygen atoms in total. The van der Waals surface area contributed by atoms with E-state index in [-0.39, 0.29) is 41.3 Å². The Bertz CT molecular complexity index is 1290. The Morgan fingerprint density at radius 3 is 2.39 bits per heavy atom. The fourth-order valence-electron chi connectivity index (χ4n) is 7.79. The Balaban J connectivity index is 1.53. The molecule has 2 aliphatic heterocycles. The van der Waals surface area contributed by atoms with Crippen LogP contribution in [0.5, 0.6) is 11.5 Å². The standard InChI is InChI=1S/C28H30Cl2N2O6/c1-31-25(36)27(29)13-17-15(22(28(27,30)26(31)37)21-18(33)9-6-10-19(21)38-2)11-12-16-20(17)24(35)32(23(16)34)14-7-4-3-5-8-14/h6,9-11,14,16-17,20,22,33H,3-5,7-8,12-13H2,1-2H3. The Kier molecular flexibility index (Phi) is 5.89. The lowest BCUT2D eigenvalue weighted by Gasteiger charge is -2.51. The summed E-state index contributed by atoms with van der Waals surface area (Å²) in [7, 11) is 2.78. The Hall–Kier alpha value is -2.58. The Morgan fingerprint density at radius 1 is 1.00 bits per heavy atom. The van der Waals surface area contributed by atoms with Crippen molar-refractivity contribution in [1.82, 2.24) is 9.80 Å². The van der Waals surface area contributed by atoms with Crippen molar-refractivity contribution in [1.29, 1.82) is 0 Å². The van der Waals surface area contributed by atoms with Crippen LogP contribution in [0.4, 0.5) is 0 Å². The van der Waals surface area contributed by atoms with Crippen molar-refractivity contribution in [3.8, 4) is 11.5 Å². The number of nitrogens with zero attached hydrogens (tertiary/aromatic N) is 2. The minimum Gasteiger partial charge on any atom is -0.508 e. The number of fused-ring (bicyclic) bond motifs is 4. The van der Waals surface area contributed by atoms with Gasteiger partial charge in [0.15, 0.2) is 9.75 Å². The number of allylic oxidation sites excluding steroid dienone is 2. The quantitative estimate of drug-likeness (QED) is 0.343. The summed E-state index contributed by atoms with van der Waals surface area (Å²) in [5.41, 5.74) is 0.877. The van der Waals surface area contributed by atoms with E-state index in [1.54, 1.807) is 12.1 Å². The van der Waals surface area contributed by atoms with Gasteiger partial charge in [-0.2, -0.15) is 0 Å². The van der Waals surface area contributed by atoms with Crippen LogP contribution >= 0.6 is 23.2 Å². The number of hydrogen-bond donors (Lipinski definition) is 1. The highest BCUT2D eigenvalue weighted by atomic mass is 35.5. The van der Waals surface area contributed by atoms with Gasteiger partial charge >= 0.3 is 0 Å². The van der Waals surface area contributed by atoms with Crippen LogP contribution in [0.1, 0.15) is 56.4 Å². The van der Waals surface area contributed by atoms with Gasteiger partial charge < -0.3 is 9.84 Å². The molecule has 4 fully saturated rings. The summed E-state index contributed by atoms with van der Waals surface area (Å²) in [5.74, 6) is -4.54. The Labute approximate surface area is 230 Å². The molecule has 1 aromatic rings. The van der Waals surface area contributed by atoms with Crippen molar-refractivity contribution in [2.75, 3.05) is 14.2 Å². The molecule has 2 saturated carbocycles. The van der Waals surface area contributed by atoms with Gasteiger partial charge in [0.05, 0.1) is 18.9 Å². The number of aromatic hydroxyl groups is 1. The number of imide groups is 2. The highest BCUT2D eigenvalue weighted by Gasteiger charge is 2.76. The second-order valence-corrected chi connectivity index (χ2v) is 12.5. The van der Waals surface area contributed by atoms with Crippen LogP contribution in [-0.4, -0.2) is 68.5 Å². The van der Waals surface area contributed by atoms with Crippen molar-refractivity contribution in [2.24, 2.45) is 17.8 Å². The summed E-state index contributed by atoms with van der Waals surface area (Å²) in [6, 6.07) is 4.59. The zero-order valence-corrected chi connectivity index (χ0v) is 22.8. The number of carbonyl (C=O) groups excluding carboxylic acids is 4. The van der Waals surface area contributed by atoms with E-state index in [0.717, 1.165) is 37.0 Å². The van der Waals surface area contributed by atoms with Gasteiger partial charge in [-0.3, -0.25) is 29.0 Å². The van der Waals surface area contributed by atoms with Crippen molar-refractivity contribution < 1.29 is 29.0 Å². The highest BCUT2D eigenvalue weighted by molar-refractivity contribution is 6.53. The summed E-state index contributed by atoms with van der Waals surface area (Å²) in [6.07, 6.45) is 6.73. The fraction of sp³-hybridized carbons (Fsp3) is 0.571. The lowest BCUT2D eigenvalue weighted by atomic mass is 9.56. The molecule has 6 rings (SSSR count). The average Bonchev–Trinajstić information content (AvgIpc) is 3.24. The van der Waals surface area contributed by atoms with E-state index in [4.69, 9.17) is 27.9 Å². The summed E-state index contributed by atoms with van der Waals surface area (Å²) in [6.45, 7) is 0. The first-order chi connectivity index (χ1) is 18.1. The van der Waals surface area contributed by atoms with Gasteiger partial charge in [-0.15, -0.1) is 23.2 Å². The van der Waals surface area contributed by atoms with E-state index in [0.29, 0.717) is 12.0 Å². The monoisotopic (exact) mass is 560 g/mol. The second-order valence-electron chi connectivity index (χ2n) is 11.2. The molecule has 2 heterocycles. The molecule has 38 heavy (non-hydrogen) atoms. The van der Waals surface area contributed by atoms with Gasteiger partial charge in [-0.1, -0.05) is 37.0 Å². The van der Waals surface area contributed by atoms with Crippen molar-refractivity contribution in [3.05, 3.63) is 35.4 Å². The lowest BCUT2D eigenvalue weighted by Crippen LogP contribution is -2.60. The normalized spacial score (nSPS) is 37.2. The number of ether oxygens (including phenoxy) is 1. The molecule has 202 valence electrons. The van der Waals surface area contributed by atoms with E-state index in [2.05, 4.69) is 0 Å². The molecule has 10 heteroatoms. The lowest BCUT2D eigenvalue weighted by molar-refractivity contribution is -0.144. The molecular formula is C28H30Cl2N2O6. The van der Waals surface area contributed by atoms with E-state index >= 15 is 0 Å². The van der Waals surface area contributed by atoms with Crippen LogP contribution in [0.3, 0.4) is 0 Å². The fourth-order valence-corrected chi connectivity index (χ4v) is 8.79. The summed E-state index contributed by atoms with van der Waals surface area (Å²) >= 11 is 14.3. The van der Waals surface area contributed by atoms with Gasteiger partial charge in [0.25, 0.3) is 11.8 Å². The van der Waals surface area contributed by atoms with Crippen LogP contribution in [0.25, 0.3) is 0 Å². The van der Waals surface area contributed by atoms with Gasteiger partial charge in [0.2, 0.25) is 11.8 Å². The molecule has 1 N–H and O–H groups in total. The molecule has 0 aromatic heterocycles. The van der Waals surface area contributed by atoms with Crippen molar-refractivity contribution in [2.45, 2.75) is 66.7 Å². The second kappa shape index (κ2) is 8.71. The number of hydrogen-bond acceptors (Lipinski definition) is 6. The van der Waals surface area contributed by atoms with E-state index in [9.17, 15) is 24.3 Å². The minimum atomic E-state index is -1.96. The number of benzene rings is 1. The van der Waals surface area contributed by atoms with Crippen LogP contribution in [0.15, 0.2) is 29.8 Å². The number of phenolic OH excluding ortho intramolecular Hbond substituents is 1. The topological polar surface area (TPSA) is 104 Å². The first-order valence-electron chi connectivity index (χ1n) is 13.2. The maximum Gasteiger partial charge on any atom is 0.253 e. The summed E-state index contributed by atoms with van der Waals surface area (Å²) in [4.78, 5) is 53.3. The number of amides is 4. The van der Waals surface area contributed by atoms with Gasteiger partial charge in [-0.25, -0.2) is 0 Å². The van der Waals surface area contributed by atoms with Crippen molar-refractivity contribution in [3.63, 3.8) is 0 Å². The number of alkyl halides is 2. The van der Waals surface area contributed by atoms with Crippen LogP contribution in [0, 0.1) is 17.8 Å².